The number of aryl methyl sites for hydroxylation is 2. The van der Waals surface area contributed by atoms with Crippen molar-refractivity contribution in [2.45, 2.75) is 37.9 Å². The number of nitrogens with zero attached hydrogens (tertiary/aromatic N) is 2. The second-order valence-electron chi connectivity index (χ2n) is 6.43. The molecule has 1 unspecified atom stereocenters. The topological polar surface area (TPSA) is 77.2 Å². The van der Waals surface area contributed by atoms with Crippen molar-refractivity contribution in [1.82, 2.24) is 10.2 Å². The van der Waals surface area contributed by atoms with Crippen LogP contribution < -0.4 is 10.1 Å². The lowest BCUT2D eigenvalue weighted by Crippen LogP contribution is -2.22. The maximum absolute atomic E-state index is 12.4. The van der Waals surface area contributed by atoms with Gasteiger partial charge >= 0.3 is 0 Å². The number of hydrogen-bond acceptors (Lipinski definition) is 6. The van der Waals surface area contributed by atoms with E-state index in [4.69, 9.17) is 32.4 Å². The van der Waals surface area contributed by atoms with Crippen molar-refractivity contribution < 1.29 is 13.9 Å². The maximum atomic E-state index is 12.4. The van der Waals surface area contributed by atoms with Gasteiger partial charge in [-0.25, -0.2) is 0 Å². The Morgan fingerprint density at radius 1 is 1.17 bits per heavy atom. The van der Waals surface area contributed by atoms with Gasteiger partial charge in [0.1, 0.15) is 5.75 Å². The van der Waals surface area contributed by atoms with Crippen LogP contribution in [-0.4, -0.2) is 21.4 Å². The van der Waals surface area contributed by atoms with Crippen LogP contribution in [0.4, 0.5) is 5.69 Å². The lowest BCUT2D eigenvalue weighted by atomic mass is 10.1. The van der Waals surface area contributed by atoms with Gasteiger partial charge < -0.3 is 14.5 Å². The van der Waals surface area contributed by atoms with E-state index in [1.807, 2.05) is 32.0 Å². The molecule has 0 fully saturated rings. The quantitative estimate of drug-likeness (QED) is 0.464. The molecular weight excluding hydrogens is 433 g/mol. The minimum atomic E-state index is -0.471. The van der Waals surface area contributed by atoms with Crippen molar-refractivity contribution in [3.05, 3.63) is 63.5 Å². The molecule has 3 rings (SSSR count). The van der Waals surface area contributed by atoms with Crippen molar-refractivity contribution in [2.75, 3.05) is 5.32 Å². The number of nitrogens with one attached hydrogen (secondary N) is 1. The fraction of sp³-hybridized carbons (Fsp3) is 0.250. The van der Waals surface area contributed by atoms with Crippen molar-refractivity contribution in [3.8, 4) is 5.75 Å². The number of rotatable bonds is 7. The first kappa shape index (κ1) is 21.5. The molecule has 2 aromatic carbocycles. The van der Waals surface area contributed by atoms with E-state index in [0.717, 1.165) is 28.6 Å². The van der Waals surface area contributed by atoms with E-state index in [0.29, 0.717) is 21.6 Å². The summed E-state index contributed by atoms with van der Waals surface area (Å²) in [6.07, 6.45) is 0. The van der Waals surface area contributed by atoms with Crippen LogP contribution in [0.3, 0.4) is 0 Å². The summed E-state index contributed by atoms with van der Waals surface area (Å²) < 4.78 is 11.3. The molecule has 0 saturated carbocycles. The standard InChI is InChI=1S/C20H19Cl2N3O3S/c1-11-4-5-12(2)17(6-11)27-10-18-24-25-20(28-18)29-13(3)19(26)23-16-8-14(21)7-15(22)9-16/h4-9,13H,10H2,1-3H3,(H,23,26). The zero-order valence-electron chi connectivity index (χ0n) is 16.0. The Kier molecular flexibility index (Phi) is 7.05. The van der Waals surface area contributed by atoms with Crippen molar-refractivity contribution in [1.29, 1.82) is 0 Å². The largest absolute Gasteiger partial charge is 0.484 e. The molecule has 0 aliphatic heterocycles. The first-order chi connectivity index (χ1) is 13.8. The van der Waals surface area contributed by atoms with Gasteiger partial charge in [-0.05, 0) is 56.2 Å². The Balaban J connectivity index is 1.56. The third kappa shape index (κ3) is 6.13. The normalized spacial score (nSPS) is 11.9. The third-order valence-corrected chi connectivity index (χ3v) is 5.29. The summed E-state index contributed by atoms with van der Waals surface area (Å²) in [7, 11) is 0. The van der Waals surface area contributed by atoms with Gasteiger partial charge in [0.25, 0.3) is 11.1 Å². The second kappa shape index (κ2) is 9.52. The van der Waals surface area contributed by atoms with Gasteiger partial charge in [-0.1, -0.05) is 47.1 Å². The molecule has 0 bridgehead atoms. The number of carbonyl (C=O) groups is 1. The minimum Gasteiger partial charge on any atom is -0.484 e. The number of ether oxygens (including phenoxy) is 1. The third-order valence-electron chi connectivity index (χ3n) is 3.92. The SMILES string of the molecule is Cc1ccc(C)c(OCc2nnc(SC(C)C(=O)Nc3cc(Cl)cc(Cl)c3)o2)c1. The van der Waals surface area contributed by atoms with Crippen LogP contribution >= 0.6 is 35.0 Å². The molecule has 1 atom stereocenters. The molecule has 1 N–H and O–H groups in total. The predicted octanol–water partition coefficient (Wildman–Crippen LogP) is 5.69. The molecule has 0 spiro atoms. The van der Waals surface area contributed by atoms with Crippen molar-refractivity contribution >= 4 is 46.6 Å². The summed E-state index contributed by atoms with van der Waals surface area (Å²) in [5, 5.41) is 11.4. The Morgan fingerprint density at radius 2 is 1.90 bits per heavy atom. The smallest absolute Gasteiger partial charge is 0.277 e. The number of thioether (sulfide) groups is 1. The Hall–Kier alpha value is -2.22. The highest BCUT2D eigenvalue weighted by Crippen LogP contribution is 2.26. The van der Waals surface area contributed by atoms with Gasteiger partial charge in [0.05, 0.1) is 5.25 Å². The molecule has 0 radical (unpaired) electrons. The number of carbonyl (C=O) groups excluding carboxylic acids is 1. The molecule has 3 aromatic rings. The number of aromatic nitrogens is 2. The summed E-state index contributed by atoms with van der Waals surface area (Å²) in [6.45, 7) is 5.86. The van der Waals surface area contributed by atoms with E-state index in [9.17, 15) is 4.79 Å². The number of hydrogen-bond donors (Lipinski definition) is 1. The van der Waals surface area contributed by atoms with Crippen molar-refractivity contribution in [2.24, 2.45) is 0 Å². The number of benzene rings is 2. The van der Waals surface area contributed by atoms with Gasteiger partial charge in [0, 0.05) is 15.7 Å². The first-order valence-corrected chi connectivity index (χ1v) is 10.4. The Labute approximate surface area is 182 Å². The minimum absolute atomic E-state index is 0.152. The summed E-state index contributed by atoms with van der Waals surface area (Å²) in [6, 6.07) is 10.8. The number of anilines is 1. The molecule has 1 aromatic heterocycles. The fourth-order valence-corrected chi connectivity index (χ4v) is 3.65. The van der Waals surface area contributed by atoms with Crippen LogP contribution in [0.2, 0.25) is 10.0 Å². The lowest BCUT2D eigenvalue weighted by molar-refractivity contribution is -0.115. The highest BCUT2D eigenvalue weighted by Gasteiger charge is 2.19. The zero-order valence-corrected chi connectivity index (χ0v) is 18.4. The van der Waals surface area contributed by atoms with E-state index in [1.165, 1.54) is 0 Å². The van der Waals surface area contributed by atoms with Gasteiger partial charge in [0.15, 0.2) is 6.61 Å². The monoisotopic (exact) mass is 451 g/mol. The van der Waals surface area contributed by atoms with E-state index >= 15 is 0 Å². The molecule has 1 heterocycles. The Bertz CT molecular complexity index is 1010. The molecule has 9 heteroatoms. The highest BCUT2D eigenvalue weighted by molar-refractivity contribution is 8.00. The van der Waals surface area contributed by atoms with Gasteiger partial charge in [0.2, 0.25) is 5.91 Å². The average molecular weight is 452 g/mol. The Morgan fingerprint density at radius 3 is 2.62 bits per heavy atom. The summed E-state index contributed by atoms with van der Waals surface area (Å²) in [5.41, 5.74) is 2.65. The van der Waals surface area contributed by atoms with E-state index in [1.54, 1.807) is 25.1 Å². The first-order valence-electron chi connectivity index (χ1n) is 8.76. The molecule has 152 valence electrons. The van der Waals surface area contributed by atoms with Crippen LogP contribution in [0.15, 0.2) is 46.0 Å². The molecule has 1 amide bonds. The lowest BCUT2D eigenvalue weighted by Gasteiger charge is -2.10. The summed E-state index contributed by atoms with van der Waals surface area (Å²) in [4.78, 5) is 12.4. The number of halogens is 2. The molecule has 0 aliphatic rings. The average Bonchev–Trinajstić information content (AvgIpc) is 3.09. The molecule has 0 aliphatic carbocycles. The molecular formula is C20H19Cl2N3O3S. The summed E-state index contributed by atoms with van der Waals surface area (Å²) >= 11 is 13.1. The highest BCUT2D eigenvalue weighted by atomic mass is 35.5. The summed E-state index contributed by atoms with van der Waals surface area (Å²) in [5.74, 6) is 0.868. The van der Waals surface area contributed by atoms with Crippen LogP contribution in [-0.2, 0) is 11.4 Å². The van der Waals surface area contributed by atoms with Crippen LogP contribution in [0.1, 0.15) is 23.9 Å². The van der Waals surface area contributed by atoms with Crippen LogP contribution in [0, 0.1) is 13.8 Å². The fourth-order valence-electron chi connectivity index (χ4n) is 2.42. The second-order valence-corrected chi connectivity index (χ2v) is 8.59. The van der Waals surface area contributed by atoms with Crippen LogP contribution in [0.25, 0.3) is 0 Å². The van der Waals surface area contributed by atoms with E-state index in [2.05, 4.69) is 15.5 Å². The number of amides is 1. The molecule has 0 saturated heterocycles. The van der Waals surface area contributed by atoms with E-state index < -0.39 is 5.25 Å². The zero-order chi connectivity index (χ0) is 21.0. The molecule has 6 nitrogen and oxygen atoms in total. The van der Waals surface area contributed by atoms with E-state index in [-0.39, 0.29) is 17.7 Å². The van der Waals surface area contributed by atoms with Crippen LogP contribution in [0.5, 0.6) is 5.75 Å². The predicted molar refractivity (Wildman–Crippen MR) is 115 cm³/mol. The van der Waals surface area contributed by atoms with Gasteiger partial charge in [-0.15, -0.1) is 10.2 Å². The van der Waals surface area contributed by atoms with Crippen molar-refractivity contribution in [3.63, 3.8) is 0 Å². The van der Waals surface area contributed by atoms with Gasteiger partial charge in [-0.3, -0.25) is 4.79 Å². The molecule has 29 heavy (non-hydrogen) atoms. The van der Waals surface area contributed by atoms with Gasteiger partial charge in [-0.2, -0.15) is 0 Å². The maximum Gasteiger partial charge on any atom is 0.277 e.